The van der Waals surface area contributed by atoms with Crippen molar-refractivity contribution in [2.45, 2.75) is 58.4 Å². The maximum absolute atomic E-state index is 5.56. The number of nitrogens with one attached hydrogen (secondary N) is 1. The number of hydrazine groups is 1. The quantitative estimate of drug-likeness (QED) is 0.355. The van der Waals surface area contributed by atoms with Crippen molar-refractivity contribution in [2.75, 3.05) is 0 Å². The second kappa shape index (κ2) is 9.05. The van der Waals surface area contributed by atoms with E-state index >= 15 is 0 Å². The lowest BCUT2D eigenvalue weighted by Crippen LogP contribution is -2.40. The highest BCUT2D eigenvalue weighted by molar-refractivity contribution is 4.87. The average Bonchev–Trinajstić information content (AvgIpc) is 2.19. The average molecular weight is 196 g/mol. The summed E-state index contributed by atoms with van der Waals surface area (Å²) in [5, 5.41) is 0. The molecule has 0 aliphatic carbocycles. The predicted octanol–water partition coefficient (Wildman–Crippen LogP) is 2.45. The highest BCUT2D eigenvalue weighted by atomic mass is 15.2. The fourth-order valence-electron chi connectivity index (χ4n) is 1.98. The first-order valence-electron chi connectivity index (χ1n) is 5.69. The Morgan fingerprint density at radius 3 is 2.14 bits per heavy atom. The monoisotopic (exact) mass is 196 g/mol. The molecule has 0 aliphatic heterocycles. The summed E-state index contributed by atoms with van der Waals surface area (Å²) in [6.07, 6.45) is 12.0. The zero-order valence-electron chi connectivity index (χ0n) is 9.55. The van der Waals surface area contributed by atoms with Crippen molar-refractivity contribution in [1.29, 1.82) is 0 Å². The van der Waals surface area contributed by atoms with E-state index in [1.54, 1.807) is 0 Å². The molecule has 0 aromatic carbocycles. The van der Waals surface area contributed by atoms with Gasteiger partial charge in [-0.1, -0.05) is 26.7 Å². The third-order valence-electron chi connectivity index (χ3n) is 2.70. The Balaban J connectivity index is 4.04. The topological polar surface area (TPSA) is 38.0 Å². The van der Waals surface area contributed by atoms with Crippen LogP contribution in [0.1, 0.15) is 52.4 Å². The second-order valence-corrected chi connectivity index (χ2v) is 3.85. The van der Waals surface area contributed by atoms with Crippen LogP contribution >= 0.6 is 0 Å². The number of hydrogen-bond donors (Lipinski definition) is 2. The molecule has 2 heteroatoms. The number of nitrogens with two attached hydrogens (primary N) is 1. The normalized spacial score (nSPS) is 12.8. The maximum Gasteiger partial charge on any atom is 0.0247 e. The Morgan fingerprint density at radius 2 is 1.79 bits per heavy atom. The summed E-state index contributed by atoms with van der Waals surface area (Å²) in [7, 11) is 0. The lowest BCUT2D eigenvalue weighted by molar-refractivity contribution is 0.301. The molecule has 1 atom stereocenters. The third-order valence-corrected chi connectivity index (χ3v) is 2.70. The van der Waals surface area contributed by atoms with Gasteiger partial charge < -0.3 is 0 Å². The molecule has 1 unspecified atom stereocenters. The van der Waals surface area contributed by atoms with E-state index in [2.05, 4.69) is 25.2 Å². The van der Waals surface area contributed by atoms with E-state index in [0.29, 0.717) is 12.0 Å². The van der Waals surface area contributed by atoms with Crippen LogP contribution in [0.3, 0.4) is 0 Å². The standard InChI is InChI=1S/C12H24N2/c1-4-7-10-12(14-13)11(8-5-2)9-6-3/h1,11-12,14H,5-10,13H2,2-3H3. The molecule has 0 spiro atoms. The molecule has 0 radical (unpaired) electrons. The van der Waals surface area contributed by atoms with E-state index in [1.807, 2.05) is 0 Å². The van der Waals surface area contributed by atoms with Crippen LogP contribution in [0, 0.1) is 18.3 Å². The van der Waals surface area contributed by atoms with Gasteiger partial charge in [0.1, 0.15) is 0 Å². The van der Waals surface area contributed by atoms with Crippen molar-refractivity contribution in [3.8, 4) is 12.3 Å². The molecule has 0 saturated heterocycles. The molecule has 0 fully saturated rings. The van der Waals surface area contributed by atoms with Crippen LogP contribution in [0.4, 0.5) is 0 Å². The summed E-state index contributed by atoms with van der Waals surface area (Å²) in [5.74, 6) is 8.92. The third kappa shape index (κ3) is 5.26. The van der Waals surface area contributed by atoms with Crippen LogP contribution < -0.4 is 11.3 Å². The van der Waals surface area contributed by atoms with Crippen molar-refractivity contribution >= 4 is 0 Å². The largest absolute Gasteiger partial charge is 0.271 e. The van der Waals surface area contributed by atoms with Crippen LogP contribution in [0.5, 0.6) is 0 Å². The van der Waals surface area contributed by atoms with E-state index in [4.69, 9.17) is 12.3 Å². The Labute approximate surface area is 88.6 Å². The molecule has 0 aromatic rings. The van der Waals surface area contributed by atoms with Gasteiger partial charge in [0.2, 0.25) is 0 Å². The number of terminal acetylenes is 1. The van der Waals surface area contributed by atoms with Gasteiger partial charge >= 0.3 is 0 Å². The summed E-state index contributed by atoms with van der Waals surface area (Å²) in [6, 6.07) is 0.394. The molecule has 0 heterocycles. The summed E-state index contributed by atoms with van der Waals surface area (Å²) < 4.78 is 0. The van der Waals surface area contributed by atoms with Crippen molar-refractivity contribution in [3.63, 3.8) is 0 Å². The molecule has 0 amide bonds. The number of rotatable bonds is 8. The zero-order valence-corrected chi connectivity index (χ0v) is 9.55. The van der Waals surface area contributed by atoms with Crippen LogP contribution in [-0.4, -0.2) is 6.04 Å². The summed E-state index contributed by atoms with van der Waals surface area (Å²) in [4.78, 5) is 0. The SMILES string of the molecule is C#CCCC(NN)C(CCC)CCC. The van der Waals surface area contributed by atoms with Crippen molar-refractivity contribution in [1.82, 2.24) is 5.43 Å². The van der Waals surface area contributed by atoms with E-state index < -0.39 is 0 Å². The Hall–Kier alpha value is -0.520. The van der Waals surface area contributed by atoms with E-state index in [-0.39, 0.29) is 0 Å². The summed E-state index contributed by atoms with van der Waals surface area (Å²) in [5.41, 5.74) is 2.91. The fourth-order valence-corrected chi connectivity index (χ4v) is 1.98. The first kappa shape index (κ1) is 13.5. The minimum Gasteiger partial charge on any atom is -0.271 e. The van der Waals surface area contributed by atoms with Gasteiger partial charge in [-0.15, -0.1) is 12.3 Å². The highest BCUT2D eigenvalue weighted by Gasteiger charge is 2.17. The Bertz CT molecular complexity index is 154. The molecule has 0 saturated carbocycles. The zero-order chi connectivity index (χ0) is 10.8. The molecule has 2 nitrogen and oxygen atoms in total. The molecule has 14 heavy (non-hydrogen) atoms. The molecule has 3 N–H and O–H groups in total. The van der Waals surface area contributed by atoms with Crippen molar-refractivity contribution < 1.29 is 0 Å². The molecular weight excluding hydrogens is 172 g/mol. The van der Waals surface area contributed by atoms with Gasteiger partial charge in [-0.3, -0.25) is 11.3 Å². The Kier molecular flexibility index (Phi) is 8.72. The maximum atomic E-state index is 5.56. The van der Waals surface area contributed by atoms with Crippen LogP contribution in [0.15, 0.2) is 0 Å². The summed E-state index contributed by atoms with van der Waals surface area (Å²) in [6.45, 7) is 4.44. The molecule has 0 rings (SSSR count). The highest BCUT2D eigenvalue weighted by Crippen LogP contribution is 2.20. The van der Waals surface area contributed by atoms with Gasteiger partial charge in [-0.25, -0.2) is 0 Å². The molecular formula is C12H24N2. The van der Waals surface area contributed by atoms with Crippen LogP contribution in [-0.2, 0) is 0 Å². The lowest BCUT2D eigenvalue weighted by atomic mass is 9.88. The minimum absolute atomic E-state index is 0.394. The van der Waals surface area contributed by atoms with E-state index in [0.717, 1.165) is 12.8 Å². The second-order valence-electron chi connectivity index (χ2n) is 3.85. The number of hydrogen-bond acceptors (Lipinski definition) is 2. The molecule has 82 valence electrons. The minimum atomic E-state index is 0.394. The van der Waals surface area contributed by atoms with Crippen LogP contribution in [0.25, 0.3) is 0 Å². The molecule has 0 bridgehead atoms. The first-order valence-corrected chi connectivity index (χ1v) is 5.69. The van der Waals surface area contributed by atoms with Gasteiger partial charge in [-0.05, 0) is 25.2 Å². The first-order chi connectivity index (χ1) is 6.79. The molecule has 0 aliphatic rings. The predicted molar refractivity (Wildman–Crippen MR) is 62.5 cm³/mol. The van der Waals surface area contributed by atoms with Gasteiger partial charge in [-0.2, -0.15) is 0 Å². The molecule has 0 aromatic heterocycles. The van der Waals surface area contributed by atoms with E-state index in [9.17, 15) is 0 Å². The fraction of sp³-hybridized carbons (Fsp3) is 0.833. The Morgan fingerprint density at radius 1 is 1.21 bits per heavy atom. The van der Waals surface area contributed by atoms with Crippen molar-refractivity contribution in [2.24, 2.45) is 11.8 Å². The van der Waals surface area contributed by atoms with Crippen molar-refractivity contribution in [3.05, 3.63) is 0 Å². The van der Waals surface area contributed by atoms with Gasteiger partial charge in [0.05, 0.1) is 0 Å². The lowest BCUT2D eigenvalue weighted by Gasteiger charge is -2.25. The van der Waals surface area contributed by atoms with Crippen LogP contribution in [0.2, 0.25) is 0 Å². The van der Waals surface area contributed by atoms with E-state index in [1.165, 1.54) is 25.7 Å². The smallest absolute Gasteiger partial charge is 0.0247 e. The summed E-state index contributed by atoms with van der Waals surface area (Å²) >= 11 is 0. The van der Waals surface area contributed by atoms with Gasteiger partial charge in [0.15, 0.2) is 0 Å². The van der Waals surface area contributed by atoms with Gasteiger partial charge in [0.25, 0.3) is 0 Å². The van der Waals surface area contributed by atoms with Gasteiger partial charge in [0, 0.05) is 12.5 Å².